The number of aromatic nitrogens is 2. The van der Waals surface area contributed by atoms with Crippen molar-refractivity contribution in [3.05, 3.63) is 86.8 Å². The summed E-state index contributed by atoms with van der Waals surface area (Å²) in [6, 6.07) is 14.8. The van der Waals surface area contributed by atoms with Crippen LogP contribution >= 0.6 is 11.6 Å². The van der Waals surface area contributed by atoms with Gasteiger partial charge in [-0.2, -0.15) is 5.10 Å². The summed E-state index contributed by atoms with van der Waals surface area (Å²) < 4.78 is 0.932. The van der Waals surface area contributed by atoms with Crippen molar-refractivity contribution in [1.82, 2.24) is 9.78 Å². The summed E-state index contributed by atoms with van der Waals surface area (Å²) in [5.41, 5.74) is 2.72. The highest BCUT2D eigenvalue weighted by Crippen LogP contribution is 2.20. The van der Waals surface area contributed by atoms with E-state index in [2.05, 4.69) is 15.7 Å². The number of anilines is 2. The zero-order valence-corrected chi connectivity index (χ0v) is 16.7. The lowest BCUT2D eigenvalue weighted by Gasteiger charge is -2.10. The van der Waals surface area contributed by atoms with E-state index in [-0.39, 0.29) is 12.2 Å². The third-order valence-corrected chi connectivity index (χ3v) is 4.63. The Morgan fingerprint density at radius 3 is 2.48 bits per heavy atom. The van der Waals surface area contributed by atoms with Crippen molar-refractivity contribution in [2.45, 2.75) is 20.4 Å². The number of aryl methyl sites for hydroxylation is 2. The van der Waals surface area contributed by atoms with Crippen molar-refractivity contribution in [1.29, 1.82) is 0 Å². The van der Waals surface area contributed by atoms with Gasteiger partial charge in [-0.05, 0) is 55.3 Å². The topological polar surface area (TPSA) is 93.1 Å². The highest BCUT2D eigenvalue weighted by atomic mass is 35.5. The first kappa shape index (κ1) is 20.3. The van der Waals surface area contributed by atoms with E-state index in [0.717, 1.165) is 15.8 Å². The molecular formula is C21H19ClN4O3. The maximum atomic E-state index is 12.5. The lowest BCUT2D eigenvalue weighted by atomic mass is 10.1. The van der Waals surface area contributed by atoms with E-state index in [1.807, 2.05) is 26.0 Å². The molecule has 1 aromatic heterocycles. The number of carbonyl (C=O) groups excluding carboxylic acids is 2. The van der Waals surface area contributed by atoms with Crippen LogP contribution in [0.3, 0.4) is 0 Å². The Balaban J connectivity index is 1.74. The maximum Gasteiger partial charge on any atom is 0.276 e. The molecule has 0 aliphatic rings. The van der Waals surface area contributed by atoms with E-state index < -0.39 is 17.4 Å². The molecule has 3 rings (SSSR count). The molecule has 0 atom stereocenters. The minimum atomic E-state index is -0.498. The van der Waals surface area contributed by atoms with E-state index >= 15 is 0 Å². The maximum absolute atomic E-state index is 12.5. The number of rotatable bonds is 5. The normalized spacial score (nSPS) is 10.4. The van der Waals surface area contributed by atoms with Gasteiger partial charge in [0.15, 0.2) is 0 Å². The van der Waals surface area contributed by atoms with Gasteiger partial charge in [-0.25, -0.2) is 4.68 Å². The van der Waals surface area contributed by atoms with Crippen LogP contribution in [-0.4, -0.2) is 21.6 Å². The van der Waals surface area contributed by atoms with Gasteiger partial charge in [0.25, 0.3) is 11.5 Å². The van der Waals surface area contributed by atoms with Crippen LogP contribution in [0, 0.1) is 13.8 Å². The number of amides is 2. The van der Waals surface area contributed by atoms with E-state index in [4.69, 9.17) is 11.6 Å². The number of nitrogens with one attached hydrogen (secondary N) is 2. The molecule has 0 radical (unpaired) electrons. The van der Waals surface area contributed by atoms with Crippen molar-refractivity contribution in [2.75, 3.05) is 10.6 Å². The van der Waals surface area contributed by atoms with Gasteiger partial charge < -0.3 is 10.6 Å². The molecule has 8 heteroatoms. The molecule has 2 amide bonds. The third kappa shape index (κ3) is 5.08. The Morgan fingerprint density at radius 2 is 1.76 bits per heavy atom. The molecule has 0 spiro atoms. The molecule has 0 saturated heterocycles. The van der Waals surface area contributed by atoms with E-state index in [0.29, 0.717) is 16.4 Å². The SMILES string of the molecule is Cc1ccc(NC(=O)c2ccc(=O)n(CC(=O)Nc3ccccc3Cl)n2)cc1C. The molecule has 2 aromatic carbocycles. The van der Waals surface area contributed by atoms with E-state index in [9.17, 15) is 14.4 Å². The van der Waals surface area contributed by atoms with Gasteiger partial charge in [-0.15, -0.1) is 0 Å². The van der Waals surface area contributed by atoms with Crippen molar-refractivity contribution < 1.29 is 9.59 Å². The number of halogens is 1. The average molecular weight is 411 g/mol. The van der Waals surface area contributed by atoms with Gasteiger partial charge in [-0.3, -0.25) is 14.4 Å². The standard InChI is InChI=1S/C21H19ClN4O3/c1-13-7-8-15(11-14(13)2)23-21(29)18-9-10-20(28)26(25-18)12-19(27)24-17-6-4-3-5-16(17)22/h3-11H,12H2,1-2H3,(H,23,29)(H,24,27). The van der Waals surface area contributed by atoms with Crippen LogP contribution in [0.15, 0.2) is 59.4 Å². The van der Waals surface area contributed by atoms with Crippen LogP contribution in [0.2, 0.25) is 5.02 Å². The monoisotopic (exact) mass is 410 g/mol. The summed E-state index contributed by atoms with van der Waals surface area (Å²) >= 11 is 6.02. The Labute approximate surface area is 172 Å². The molecule has 0 fully saturated rings. The summed E-state index contributed by atoms with van der Waals surface area (Å²) in [6.07, 6.45) is 0. The van der Waals surface area contributed by atoms with Crippen LogP contribution in [0.4, 0.5) is 11.4 Å². The highest BCUT2D eigenvalue weighted by Gasteiger charge is 2.13. The third-order valence-electron chi connectivity index (χ3n) is 4.31. The molecule has 29 heavy (non-hydrogen) atoms. The van der Waals surface area contributed by atoms with Crippen LogP contribution in [0.5, 0.6) is 0 Å². The van der Waals surface area contributed by atoms with E-state index in [1.165, 1.54) is 12.1 Å². The molecule has 1 heterocycles. The Morgan fingerprint density at radius 1 is 1.00 bits per heavy atom. The van der Waals surface area contributed by atoms with Gasteiger partial charge >= 0.3 is 0 Å². The molecule has 0 bridgehead atoms. The summed E-state index contributed by atoms with van der Waals surface area (Å²) in [7, 11) is 0. The quantitative estimate of drug-likeness (QED) is 0.674. The zero-order chi connectivity index (χ0) is 21.0. The number of carbonyl (C=O) groups is 2. The van der Waals surface area contributed by atoms with Crippen molar-refractivity contribution >= 4 is 34.8 Å². The number of benzene rings is 2. The lowest BCUT2D eigenvalue weighted by molar-refractivity contribution is -0.117. The summed E-state index contributed by atoms with van der Waals surface area (Å²) in [5.74, 6) is -0.965. The van der Waals surface area contributed by atoms with Crippen LogP contribution in [-0.2, 0) is 11.3 Å². The van der Waals surface area contributed by atoms with Crippen molar-refractivity contribution in [3.63, 3.8) is 0 Å². The summed E-state index contributed by atoms with van der Waals surface area (Å²) in [4.78, 5) is 36.8. The average Bonchev–Trinajstić information content (AvgIpc) is 2.68. The highest BCUT2D eigenvalue weighted by molar-refractivity contribution is 6.33. The number of para-hydroxylation sites is 1. The zero-order valence-electron chi connectivity index (χ0n) is 15.9. The summed E-state index contributed by atoms with van der Waals surface area (Å²) in [5, 5.41) is 9.74. The number of nitrogens with zero attached hydrogens (tertiary/aromatic N) is 2. The first-order chi connectivity index (χ1) is 13.8. The number of hydrogen-bond acceptors (Lipinski definition) is 4. The van der Waals surface area contributed by atoms with Gasteiger partial charge in [0.2, 0.25) is 5.91 Å². The van der Waals surface area contributed by atoms with Crippen molar-refractivity contribution in [2.24, 2.45) is 0 Å². The van der Waals surface area contributed by atoms with Gasteiger partial charge in [0.05, 0.1) is 10.7 Å². The molecule has 7 nitrogen and oxygen atoms in total. The molecule has 0 aliphatic carbocycles. The second-order valence-electron chi connectivity index (χ2n) is 6.50. The second kappa shape index (κ2) is 8.70. The Hall–Kier alpha value is -3.45. The Bertz CT molecular complexity index is 1140. The fraction of sp³-hybridized carbons (Fsp3) is 0.143. The molecule has 3 aromatic rings. The van der Waals surface area contributed by atoms with Crippen LogP contribution < -0.4 is 16.2 Å². The van der Waals surface area contributed by atoms with Crippen LogP contribution in [0.25, 0.3) is 0 Å². The predicted molar refractivity (Wildman–Crippen MR) is 112 cm³/mol. The molecule has 2 N–H and O–H groups in total. The first-order valence-electron chi connectivity index (χ1n) is 8.84. The molecule has 0 aliphatic heterocycles. The van der Waals surface area contributed by atoms with Gasteiger partial charge in [0.1, 0.15) is 12.2 Å². The fourth-order valence-corrected chi connectivity index (χ4v) is 2.77. The minimum absolute atomic E-state index is 0.0216. The minimum Gasteiger partial charge on any atom is -0.323 e. The predicted octanol–water partition coefficient (Wildman–Crippen LogP) is 3.40. The van der Waals surface area contributed by atoms with Gasteiger partial charge in [0, 0.05) is 11.8 Å². The summed E-state index contributed by atoms with van der Waals surface area (Å²) in [6.45, 7) is 3.57. The van der Waals surface area contributed by atoms with Crippen LogP contribution in [0.1, 0.15) is 21.6 Å². The lowest BCUT2D eigenvalue weighted by Crippen LogP contribution is -2.31. The largest absolute Gasteiger partial charge is 0.323 e. The van der Waals surface area contributed by atoms with Gasteiger partial charge in [-0.1, -0.05) is 29.8 Å². The van der Waals surface area contributed by atoms with E-state index in [1.54, 1.807) is 30.3 Å². The Kier molecular flexibility index (Phi) is 6.09. The molecule has 148 valence electrons. The second-order valence-corrected chi connectivity index (χ2v) is 6.90. The van der Waals surface area contributed by atoms with Crippen molar-refractivity contribution in [3.8, 4) is 0 Å². The molecular weight excluding hydrogens is 392 g/mol. The fourth-order valence-electron chi connectivity index (χ4n) is 2.59. The molecule has 0 saturated carbocycles. The molecule has 0 unspecified atom stereocenters. The number of hydrogen-bond donors (Lipinski definition) is 2. The first-order valence-corrected chi connectivity index (χ1v) is 9.22. The smallest absolute Gasteiger partial charge is 0.276 e.